The number of hydrogen-bond acceptors (Lipinski definition) is 3. The number of benzene rings is 2. The lowest BCUT2D eigenvalue weighted by Gasteiger charge is -2.24. The summed E-state index contributed by atoms with van der Waals surface area (Å²) in [6.07, 6.45) is 1.64. The molecule has 6 heteroatoms. The van der Waals surface area contributed by atoms with Crippen LogP contribution in [0.25, 0.3) is 10.9 Å². The van der Waals surface area contributed by atoms with Crippen molar-refractivity contribution < 1.29 is 9.18 Å². The van der Waals surface area contributed by atoms with Gasteiger partial charge in [0.05, 0.1) is 11.6 Å². The molecule has 5 nitrogen and oxygen atoms in total. The van der Waals surface area contributed by atoms with Crippen molar-refractivity contribution >= 4 is 22.5 Å². The minimum absolute atomic E-state index is 0.109. The van der Waals surface area contributed by atoms with Crippen LogP contribution >= 0.6 is 0 Å². The molecular formula is C22H22FN3O2. The van der Waals surface area contributed by atoms with E-state index in [1.807, 2.05) is 23.1 Å². The number of nitrogens with one attached hydrogen (secondary N) is 2. The van der Waals surface area contributed by atoms with Crippen molar-refractivity contribution in [2.24, 2.45) is 0 Å². The smallest absolute Gasteiger partial charge is 0.251 e. The molecular weight excluding hydrogens is 357 g/mol. The molecule has 2 heterocycles. The molecule has 144 valence electrons. The molecule has 1 unspecified atom stereocenters. The van der Waals surface area contributed by atoms with Crippen molar-refractivity contribution in [3.63, 3.8) is 0 Å². The number of aromatic nitrogens is 1. The van der Waals surface area contributed by atoms with Crippen molar-refractivity contribution in [2.75, 3.05) is 11.9 Å². The van der Waals surface area contributed by atoms with Crippen LogP contribution in [-0.2, 0) is 11.3 Å². The number of likely N-dealkylation sites (tertiary alicyclic amines) is 1. The maximum atomic E-state index is 14.0. The summed E-state index contributed by atoms with van der Waals surface area (Å²) in [5, 5.41) is 3.86. The summed E-state index contributed by atoms with van der Waals surface area (Å²) >= 11 is 0. The second kappa shape index (κ2) is 7.56. The fraction of sp³-hybridized carbons (Fsp3) is 0.273. The van der Waals surface area contributed by atoms with Gasteiger partial charge in [-0.1, -0.05) is 24.3 Å². The Morgan fingerprint density at radius 2 is 2.07 bits per heavy atom. The Kier molecular flexibility index (Phi) is 4.96. The molecule has 1 aliphatic rings. The molecule has 2 N–H and O–H groups in total. The average Bonchev–Trinajstić information content (AvgIpc) is 3.13. The first-order valence-corrected chi connectivity index (χ1v) is 9.43. The molecule has 2 aromatic carbocycles. The number of carbonyl (C=O) groups is 1. The van der Waals surface area contributed by atoms with Gasteiger partial charge in [0.1, 0.15) is 5.82 Å². The highest BCUT2D eigenvalue weighted by Gasteiger charge is 2.31. The van der Waals surface area contributed by atoms with Crippen LogP contribution in [0.15, 0.2) is 53.3 Å². The highest BCUT2D eigenvalue weighted by atomic mass is 19.1. The van der Waals surface area contributed by atoms with Gasteiger partial charge < -0.3 is 10.3 Å². The third-order valence-corrected chi connectivity index (χ3v) is 5.30. The van der Waals surface area contributed by atoms with Crippen molar-refractivity contribution in [3.05, 3.63) is 75.8 Å². The number of aryl methyl sites for hydroxylation is 1. The summed E-state index contributed by atoms with van der Waals surface area (Å²) in [5.41, 5.74) is 2.43. The highest BCUT2D eigenvalue weighted by molar-refractivity contribution is 5.96. The van der Waals surface area contributed by atoms with Gasteiger partial charge in [0.15, 0.2) is 0 Å². The van der Waals surface area contributed by atoms with Crippen LogP contribution < -0.4 is 10.9 Å². The molecule has 1 fully saturated rings. The number of anilines is 1. The van der Waals surface area contributed by atoms with Crippen LogP contribution in [0, 0.1) is 12.7 Å². The van der Waals surface area contributed by atoms with Gasteiger partial charge in [-0.3, -0.25) is 14.5 Å². The topological polar surface area (TPSA) is 65.2 Å². The highest BCUT2D eigenvalue weighted by Crippen LogP contribution is 2.23. The van der Waals surface area contributed by atoms with Gasteiger partial charge in [0.25, 0.3) is 5.56 Å². The number of nitrogens with zero attached hydrogens (tertiary/aromatic N) is 1. The molecule has 0 spiro atoms. The summed E-state index contributed by atoms with van der Waals surface area (Å²) in [6, 6.07) is 13.7. The fourth-order valence-corrected chi connectivity index (χ4v) is 3.77. The van der Waals surface area contributed by atoms with Crippen LogP contribution in [0.1, 0.15) is 24.0 Å². The quantitative estimate of drug-likeness (QED) is 0.728. The fourth-order valence-electron chi connectivity index (χ4n) is 3.77. The number of H-pyrrole nitrogens is 1. The number of hydrogen-bond donors (Lipinski definition) is 2. The zero-order chi connectivity index (χ0) is 19.7. The van der Waals surface area contributed by atoms with Crippen molar-refractivity contribution in [2.45, 2.75) is 32.4 Å². The SMILES string of the molecule is Cc1cc2ccc(NC(=O)C3CCCN3Cc3ccccc3F)cc2[nH]c1=O. The Morgan fingerprint density at radius 1 is 1.25 bits per heavy atom. The first-order chi connectivity index (χ1) is 13.5. The van der Waals surface area contributed by atoms with E-state index in [0.29, 0.717) is 28.9 Å². The molecule has 0 radical (unpaired) electrons. The molecule has 0 bridgehead atoms. The van der Waals surface area contributed by atoms with E-state index in [2.05, 4.69) is 10.3 Å². The van der Waals surface area contributed by atoms with E-state index in [9.17, 15) is 14.0 Å². The Labute approximate surface area is 162 Å². The molecule has 28 heavy (non-hydrogen) atoms. The van der Waals surface area contributed by atoms with Crippen LogP contribution in [-0.4, -0.2) is 28.4 Å². The summed E-state index contributed by atoms with van der Waals surface area (Å²) in [6.45, 7) is 2.93. The third-order valence-electron chi connectivity index (χ3n) is 5.30. The maximum Gasteiger partial charge on any atom is 0.251 e. The number of fused-ring (bicyclic) bond motifs is 1. The van der Waals surface area contributed by atoms with Gasteiger partial charge in [0.2, 0.25) is 5.91 Å². The normalized spacial score (nSPS) is 17.1. The number of rotatable bonds is 4. The van der Waals surface area contributed by atoms with Crippen LogP contribution in [0.4, 0.5) is 10.1 Å². The molecule has 1 saturated heterocycles. The number of amides is 1. The number of halogens is 1. The lowest BCUT2D eigenvalue weighted by atomic mass is 10.1. The van der Waals surface area contributed by atoms with Gasteiger partial charge in [-0.25, -0.2) is 4.39 Å². The standard InChI is InChI=1S/C22H22FN3O2/c1-14-11-15-8-9-17(12-19(15)25-21(14)27)24-22(28)20-7-4-10-26(20)13-16-5-2-3-6-18(16)23/h2-3,5-6,8-9,11-12,20H,4,7,10,13H2,1H3,(H,24,28)(H,25,27). The molecule has 1 amide bonds. The maximum absolute atomic E-state index is 14.0. The van der Waals surface area contributed by atoms with Gasteiger partial charge in [-0.2, -0.15) is 0 Å². The Balaban J connectivity index is 1.51. The zero-order valence-electron chi connectivity index (χ0n) is 15.7. The molecule has 0 aliphatic carbocycles. The van der Waals surface area contributed by atoms with Crippen LogP contribution in [0.3, 0.4) is 0 Å². The van der Waals surface area contributed by atoms with Crippen molar-refractivity contribution in [1.29, 1.82) is 0 Å². The van der Waals surface area contributed by atoms with E-state index in [1.165, 1.54) is 6.07 Å². The van der Waals surface area contributed by atoms with Gasteiger partial charge in [-0.15, -0.1) is 0 Å². The third kappa shape index (κ3) is 3.68. The van der Waals surface area contributed by atoms with Crippen LogP contribution in [0.5, 0.6) is 0 Å². The van der Waals surface area contributed by atoms with Gasteiger partial charge in [0, 0.05) is 23.4 Å². The molecule has 1 aromatic heterocycles. The largest absolute Gasteiger partial charge is 0.325 e. The minimum Gasteiger partial charge on any atom is -0.325 e. The zero-order valence-corrected chi connectivity index (χ0v) is 15.7. The van der Waals surface area contributed by atoms with E-state index >= 15 is 0 Å². The lowest BCUT2D eigenvalue weighted by molar-refractivity contribution is -0.120. The molecule has 1 aliphatic heterocycles. The summed E-state index contributed by atoms with van der Waals surface area (Å²) in [4.78, 5) is 29.5. The summed E-state index contributed by atoms with van der Waals surface area (Å²) in [5.74, 6) is -0.356. The second-order valence-electron chi connectivity index (χ2n) is 7.29. The van der Waals surface area contributed by atoms with E-state index in [-0.39, 0.29) is 23.3 Å². The predicted octanol–water partition coefficient (Wildman–Crippen LogP) is 3.58. The summed E-state index contributed by atoms with van der Waals surface area (Å²) in [7, 11) is 0. The van der Waals surface area contributed by atoms with E-state index in [1.54, 1.807) is 31.2 Å². The molecule has 1 atom stereocenters. The lowest BCUT2D eigenvalue weighted by Crippen LogP contribution is -2.39. The average molecular weight is 379 g/mol. The van der Waals surface area contributed by atoms with Gasteiger partial charge >= 0.3 is 0 Å². The number of pyridine rings is 1. The van der Waals surface area contributed by atoms with Gasteiger partial charge in [-0.05, 0) is 56.0 Å². The van der Waals surface area contributed by atoms with E-state index < -0.39 is 0 Å². The minimum atomic E-state index is -0.299. The second-order valence-corrected chi connectivity index (χ2v) is 7.29. The Bertz CT molecular complexity index is 1090. The first-order valence-electron chi connectivity index (χ1n) is 9.43. The van der Waals surface area contributed by atoms with E-state index in [4.69, 9.17) is 0 Å². The summed E-state index contributed by atoms with van der Waals surface area (Å²) < 4.78 is 14.0. The predicted molar refractivity (Wildman–Crippen MR) is 108 cm³/mol. The Hall–Kier alpha value is -2.99. The van der Waals surface area contributed by atoms with Crippen LogP contribution in [0.2, 0.25) is 0 Å². The molecule has 4 rings (SSSR count). The molecule has 0 saturated carbocycles. The van der Waals surface area contributed by atoms with E-state index in [0.717, 1.165) is 24.8 Å². The first kappa shape index (κ1) is 18.4. The molecule has 3 aromatic rings. The number of carbonyl (C=O) groups excluding carboxylic acids is 1. The number of aromatic amines is 1. The Morgan fingerprint density at radius 3 is 2.89 bits per heavy atom. The van der Waals surface area contributed by atoms with Crippen molar-refractivity contribution in [1.82, 2.24) is 9.88 Å². The van der Waals surface area contributed by atoms with Crippen molar-refractivity contribution in [3.8, 4) is 0 Å². The monoisotopic (exact) mass is 379 g/mol.